The van der Waals surface area contributed by atoms with Crippen LogP contribution in [0.5, 0.6) is 0 Å². The lowest BCUT2D eigenvalue weighted by atomic mass is 9.93. The average Bonchev–Trinajstić information content (AvgIpc) is 2.24. The van der Waals surface area contributed by atoms with Crippen LogP contribution in [0.2, 0.25) is 0 Å². The molecule has 1 saturated heterocycles. The number of aliphatic hydroxyl groups is 4. The smallest absolute Gasteiger partial charge is 0.141 e. The van der Waals surface area contributed by atoms with E-state index in [4.69, 9.17) is 5.11 Å². The molecule has 16 heavy (non-hydrogen) atoms. The first-order chi connectivity index (χ1) is 7.46. The SMILES string of the molecule is CCCC[N@@+]1([O-])CC(O)C(O)[C@H](O)C1CO. The van der Waals surface area contributed by atoms with Gasteiger partial charge in [0.25, 0.3) is 0 Å². The summed E-state index contributed by atoms with van der Waals surface area (Å²) in [4.78, 5) is 0. The molecular formula is C10H21NO5. The Hall–Kier alpha value is -0.240. The van der Waals surface area contributed by atoms with Crippen LogP contribution in [-0.2, 0) is 0 Å². The van der Waals surface area contributed by atoms with E-state index in [0.717, 1.165) is 6.42 Å². The van der Waals surface area contributed by atoms with E-state index in [1.54, 1.807) is 0 Å². The second kappa shape index (κ2) is 5.39. The summed E-state index contributed by atoms with van der Waals surface area (Å²) >= 11 is 0. The molecule has 1 aliphatic heterocycles. The standard InChI is InChI=1S/C10H21NO5/c1-2-3-4-11(16)5-8(13)10(15)9(14)7(11)6-12/h7-10,12-15H,2-6H2,1H3/t7?,8?,9-,10?,11-/m1/s1. The molecule has 3 unspecified atom stereocenters. The minimum atomic E-state index is -1.37. The predicted octanol–water partition coefficient (Wildman–Crippen LogP) is -1.44. The minimum absolute atomic E-state index is 0.177. The van der Waals surface area contributed by atoms with Crippen molar-refractivity contribution in [3.8, 4) is 0 Å². The van der Waals surface area contributed by atoms with Crippen molar-refractivity contribution in [3.63, 3.8) is 0 Å². The fourth-order valence-electron chi connectivity index (χ4n) is 2.23. The summed E-state index contributed by atoms with van der Waals surface area (Å²) in [5.41, 5.74) is 0. The number of quaternary nitrogens is 1. The average molecular weight is 235 g/mol. The maximum Gasteiger partial charge on any atom is 0.141 e. The van der Waals surface area contributed by atoms with E-state index >= 15 is 0 Å². The first-order valence-electron chi connectivity index (χ1n) is 5.69. The quantitative estimate of drug-likeness (QED) is 0.353. The number of unbranched alkanes of at least 4 members (excludes halogenated alkanes) is 1. The molecule has 6 nitrogen and oxygen atoms in total. The lowest BCUT2D eigenvalue weighted by Crippen LogP contribution is -2.70. The number of aliphatic hydroxyl groups excluding tert-OH is 4. The zero-order valence-corrected chi connectivity index (χ0v) is 9.49. The molecule has 0 amide bonds. The van der Waals surface area contributed by atoms with Crippen LogP contribution in [0.4, 0.5) is 0 Å². The van der Waals surface area contributed by atoms with Gasteiger partial charge in [-0.1, -0.05) is 13.3 Å². The fraction of sp³-hybridized carbons (Fsp3) is 1.00. The number of hydrogen-bond donors (Lipinski definition) is 4. The van der Waals surface area contributed by atoms with Gasteiger partial charge in [-0.3, -0.25) is 0 Å². The van der Waals surface area contributed by atoms with Gasteiger partial charge in [-0.15, -0.1) is 0 Å². The Bertz CT molecular complexity index is 227. The number of nitrogens with zero attached hydrogens (tertiary/aromatic N) is 1. The maximum absolute atomic E-state index is 12.4. The number of hydrogen-bond acceptors (Lipinski definition) is 5. The van der Waals surface area contributed by atoms with Gasteiger partial charge in [-0.2, -0.15) is 0 Å². The van der Waals surface area contributed by atoms with Crippen molar-refractivity contribution in [1.82, 2.24) is 0 Å². The highest BCUT2D eigenvalue weighted by atomic mass is 16.6. The zero-order chi connectivity index (χ0) is 12.3. The Morgan fingerprint density at radius 2 is 1.88 bits per heavy atom. The van der Waals surface area contributed by atoms with Crippen molar-refractivity contribution in [1.29, 1.82) is 0 Å². The van der Waals surface area contributed by atoms with Gasteiger partial charge in [0.1, 0.15) is 30.9 Å². The highest BCUT2D eigenvalue weighted by molar-refractivity contribution is 4.87. The van der Waals surface area contributed by atoms with E-state index in [-0.39, 0.29) is 13.1 Å². The Balaban J connectivity index is 2.80. The van der Waals surface area contributed by atoms with E-state index in [1.807, 2.05) is 6.92 Å². The summed E-state index contributed by atoms with van der Waals surface area (Å²) in [5.74, 6) is 0. The van der Waals surface area contributed by atoms with E-state index in [0.29, 0.717) is 6.42 Å². The molecule has 0 aliphatic carbocycles. The Kier molecular flexibility index (Phi) is 4.66. The lowest BCUT2D eigenvalue weighted by molar-refractivity contribution is -0.920. The van der Waals surface area contributed by atoms with Gasteiger partial charge in [0.2, 0.25) is 0 Å². The summed E-state index contributed by atoms with van der Waals surface area (Å²) in [5, 5.41) is 50.1. The molecule has 0 bridgehead atoms. The fourth-order valence-corrected chi connectivity index (χ4v) is 2.23. The maximum atomic E-state index is 12.4. The monoisotopic (exact) mass is 235 g/mol. The van der Waals surface area contributed by atoms with E-state index in [2.05, 4.69) is 0 Å². The van der Waals surface area contributed by atoms with Gasteiger partial charge in [0, 0.05) is 0 Å². The van der Waals surface area contributed by atoms with Crippen LogP contribution >= 0.6 is 0 Å². The summed E-state index contributed by atoms with van der Waals surface area (Å²) < 4.78 is -0.830. The van der Waals surface area contributed by atoms with Crippen LogP contribution in [0.1, 0.15) is 19.8 Å². The van der Waals surface area contributed by atoms with Crippen LogP contribution < -0.4 is 0 Å². The molecule has 0 aromatic carbocycles. The molecule has 96 valence electrons. The largest absolute Gasteiger partial charge is 0.632 e. The molecule has 0 spiro atoms. The second-order valence-electron chi connectivity index (χ2n) is 4.51. The van der Waals surface area contributed by atoms with Crippen LogP contribution in [0.25, 0.3) is 0 Å². The second-order valence-corrected chi connectivity index (χ2v) is 4.51. The summed E-state index contributed by atoms with van der Waals surface area (Å²) in [6.07, 6.45) is -2.46. The van der Waals surface area contributed by atoms with Crippen LogP contribution in [-0.4, -0.2) is 69.1 Å². The first-order valence-corrected chi connectivity index (χ1v) is 5.69. The van der Waals surface area contributed by atoms with Gasteiger partial charge in [-0.05, 0) is 6.42 Å². The summed E-state index contributed by atoms with van der Waals surface area (Å²) in [6.45, 7) is 1.51. The van der Waals surface area contributed by atoms with Crippen LogP contribution in [0.3, 0.4) is 0 Å². The van der Waals surface area contributed by atoms with Gasteiger partial charge in [-0.25, -0.2) is 0 Å². The topological polar surface area (TPSA) is 104 Å². The van der Waals surface area contributed by atoms with E-state index in [9.17, 15) is 20.5 Å². The molecule has 1 rings (SSSR count). The Morgan fingerprint density at radius 1 is 1.25 bits per heavy atom. The predicted molar refractivity (Wildman–Crippen MR) is 57.2 cm³/mol. The van der Waals surface area contributed by atoms with Gasteiger partial charge < -0.3 is 30.3 Å². The Morgan fingerprint density at radius 3 is 2.38 bits per heavy atom. The van der Waals surface area contributed by atoms with Crippen LogP contribution in [0, 0.1) is 5.21 Å². The number of likely N-dealkylation sites (tertiary alicyclic amines) is 1. The van der Waals surface area contributed by atoms with E-state index in [1.165, 1.54) is 0 Å². The molecular weight excluding hydrogens is 214 g/mol. The van der Waals surface area contributed by atoms with E-state index < -0.39 is 35.6 Å². The Labute approximate surface area is 94.9 Å². The molecule has 0 aromatic heterocycles. The van der Waals surface area contributed by atoms with Crippen molar-refractivity contribution in [2.45, 2.75) is 44.1 Å². The number of piperidine rings is 1. The molecule has 0 saturated carbocycles. The van der Waals surface area contributed by atoms with Crippen molar-refractivity contribution in [2.75, 3.05) is 19.7 Å². The van der Waals surface area contributed by atoms with Gasteiger partial charge >= 0.3 is 0 Å². The zero-order valence-electron chi connectivity index (χ0n) is 9.49. The molecule has 1 aliphatic rings. The highest BCUT2D eigenvalue weighted by Crippen LogP contribution is 2.26. The normalized spacial score (nSPS) is 44.6. The third kappa shape index (κ3) is 2.53. The molecule has 0 aromatic rings. The third-order valence-corrected chi connectivity index (χ3v) is 3.32. The summed E-state index contributed by atoms with van der Waals surface area (Å²) in [6, 6.07) is -0.968. The molecule has 5 atom stereocenters. The van der Waals surface area contributed by atoms with Crippen LogP contribution in [0.15, 0.2) is 0 Å². The van der Waals surface area contributed by atoms with Gasteiger partial charge in [0.15, 0.2) is 0 Å². The number of hydroxylamine groups is 3. The minimum Gasteiger partial charge on any atom is -0.632 e. The third-order valence-electron chi connectivity index (χ3n) is 3.32. The molecule has 4 N–H and O–H groups in total. The molecule has 1 fully saturated rings. The van der Waals surface area contributed by atoms with Crippen molar-refractivity contribution in [2.24, 2.45) is 0 Å². The van der Waals surface area contributed by atoms with Crippen molar-refractivity contribution < 1.29 is 25.1 Å². The first kappa shape index (κ1) is 13.8. The lowest BCUT2D eigenvalue weighted by Gasteiger charge is -2.55. The summed E-state index contributed by atoms with van der Waals surface area (Å²) in [7, 11) is 0. The van der Waals surface area contributed by atoms with Crippen molar-refractivity contribution >= 4 is 0 Å². The highest BCUT2D eigenvalue weighted by Gasteiger charge is 2.47. The van der Waals surface area contributed by atoms with Crippen molar-refractivity contribution in [3.05, 3.63) is 5.21 Å². The van der Waals surface area contributed by atoms with Gasteiger partial charge in [0.05, 0.1) is 13.2 Å². The molecule has 0 radical (unpaired) electrons. The molecule has 1 heterocycles. The number of rotatable bonds is 4. The molecule has 6 heteroatoms.